The monoisotopic (exact) mass is 509 g/mol. The molecule has 114 valence electrons. The van der Waals surface area contributed by atoms with Crippen LogP contribution in [0.3, 0.4) is 0 Å². The topological polar surface area (TPSA) is 75.6 Å². The van der Waals surface area contributed by atoms with Gasteiger partial charge >= 0.3 is 37.2 Å². The predicted molar refractivity (Wildman–Crippen MR) is 73.3 cm³/mol. The number of ether oxygens (including phenoxy) is 1. The van der Waals surface area contributed by atoms with E-state index in [2.05, 4.69) is 10.1 Å². The van der Waals surface area contributed by atoms with Gasteiger partial charge in [0.2, 0.25) is 0 Å². The van der Waals surface area contributed by atoms with Crippen LogP contribution in [0.2, 0.25) is 0 Å². The van der Waals surface area contributed by atoms with Crippen LogP contribution in [0.5, 0.6) is 0 Å². The van der Waals surface area contributed by atoms with Crippen molar-refractivity contribution in [1.82, 2.24) is 5.32 Å². The summed E-state index contributed by atoms with van der Waals surface area (Å²) >= 11 is 0. The number of aliphatic hydroxyl groups is 1. The molecule has 0 aromatic carbocycles. The van der Waals surface area contributed by atoms with E-state index in [4.69, 9.17) is 0 Å². The number of carbonyl (C=O) groups excluding carboxylic acids is 2. The van der Waals surface area contributed by atoms with Gasteiger partial charge in [0.15, 0.2) is 0 Å². The van der Waals surface area contributed by atoms with Gasteiger partial charge in [-0.2, -0.15) is 6.92 Å². The average molecular weight is 509 g/mol. The summed E-state index contributed by atoms with van der Waals surface area (Å²) < 4.78 is 4.50. The maximum atomic E-state index is 12.3. The first kappa shape index (κ1) is 22.2. The molecule has 0 bridgehead atoms. The van der Waals surface area contributed by atoms with Crippen LogP contribution in [-0.4, -0.2) is 36.2 Å². The largest absolute Gasteiger partial charge is 2.00 e. The summed E-state index contributed by atoms with van der Waals surface area (Å²) in [5.74, 6) is -0.0718. The van der Waals surface area contributed by atoms with Crippen LogP contribution in [0, 0.1) is 50.9 Å². The Balaban J connectivity index is 0. The summed E-state index contributed by atoms with van der Waals surface area (Å²) in [7, 11) is 1.27. The van der Waals surface area contributed by atoms with E-state index < -0.39 is 12.1 Å². The molecule has 20 heavy (non-hydrogen) atoms. The molecule has 0 saturated heterocycles. The molecule has 0 spiro atoms. The Morgan fingerprint density at radius 1 is 1.30 bits per heavy atom. The summed E-state index contributed by atoms with van der Waals surface area (Å²) in [6.45, 7) is 1.74. The van der Waals surface area contributed by atoms with Crippen LogP contribution in [0.25, 0.3) is 0 Å². The van der Waals surface area contributed by atoms with Gasteiger partial charge in [-0.3, -0.25) is 0 Å². The Hall–Kier alpha value is -0.0481. The second-order valence-electron chi connectivity index (χ2n) is 4.71. The van der Waals surface area contributed by atoms with E-state index in [9.17, 15) is 14.7 Å². The molecule has 1 aliphatic carbocycles. The van der Waals surface area contributed by atoms with E-state index in [1.807, 2.05) is 0 Å². The molecule has 0 aliphatic heterocycles. The maximum Gasteiger partial charge on any atom is 2.00 e. The van der Waals surface area contributed by atoms with E-state index in [1.54, 1.807) is 13.3 Å². The van der Waals surface area contributed by atoms with E-state index in [0.717, 1.165) is 19.3 Å². The van der Waals surface area contributed by atoms with Crippen molar-refractivity contribution in [2.75, 3.05) is 7.11 Å². The third kappa shape index (κ3) is 7.10. The number of ketones is 1. The standard InChI is InChI=1S/C13H22NO4.CH3.U/c1-3-11(14-13(17)18-2)12(16)9-5-4-6-10(15)8-7-9;;/h3,9-11,15H,4-8H2,1-2H3,(H,14,17);1H3;/q2*-1;+2/t9?,10-,11+;;/m1../s1. The van der Waals surface area contributed by atoms with Gasteiger partial charge in [-0.05, 0) is 31.7 Å². The van der Waals surface area contributed by atoms with Crippen LogP contribution >= 0.6 is 0 Å². The van der Waals surface area contributed by atoms with Gasteiger partial charge in [-0.1, -0.05) is 6.42 Å². The molecule has 1 fully saturated rings. The van der Waals surface area contributed by atoms with E-state index in [0.29, 0.717) is 12.8 Å². The van der Waals surface area contributed by atoms with Gasteiger partial charge in [0, 0.05) is 5.92 Å². The zero-order valence-electron chi connectivity index (χ0n) is 12.5. The number of methoxy groups -OCH3 is 1. The minimum Gasteiger partial charge on any atom is -0.453 e. The molecule has 5 nitrogen and oxygen atoms in total. The molecule has 0 aromatic rings. The summed E-state index contributed by atoms with van der Waals surface area (Å²) in [5, 5.41) is 12.1. The quantitative estimate of drug-likeness (QED) is 0.449. The molecule has 3 atom stereocenters. The van der Waals surface area contributed by atoms with Crippen molar-refractivity contribution >= 4 is 11.9 Å². The Bertz CT molecular complexity index is 299. The van der Waals surface area contributed by atoms with Gasteiger partial charge in [0.05, 0.1) is 13.2 Å². The second-order valence-corrected chi connectivity index (χ2v) is 4.71. The first-order valence-corrected chi connectivity index (χ1v) is 6.44. The summed E-state index contributed by atoms with van der Waals surface area (Å²) in [4.78, 5) is 23.4. The Labute approximate surface area is 145 Å². The molecule has 0 radical (unpaired) electrons. The van der Waals surface area contributed by atoms with Crippen LogP contribution in [0.4, 0.5) is 4.79 Å². The van der Waals surface area contributed by atoms with Gasteiger partial charge in [0.25, 0.3) is 0 Å². The van der Waals surface area contributed by atoms with Crippen molar-refractivity contribution in [3.05, 3.63) is 13.8 Å². The van der Waals surface area contributed by atoms with Gasteiger partial charge in [-0.15, -0.1) is 0 Å². The number of amides is 1. The molecule has 2 N–H and O–H groups in total. The number of hydrogen-bond donors (Lipinski definition) is 2. The number of nitrogens with one attached hydrogen (secondary N) is 1. The van der Waals surface area contributed by atoms with Crippen LogP contribution in [0.1, 0.15) is 39.0 Å². The molecule has 6 heteroatoms. The summed E-state index contributed by atoms with van der Waals surface area (Å²) in [6.07, 6.45) is 4.52. The van der Waals surface area contributed by atoms with Crippen LogP contribution in [0.15, 0.2) is 0 Å². The number of aliphatic hydroxyl groups excluding tert-OH is 1. The predicted octanol–water partition coefficient (Wildman–Crippen LogP) is 1.90. The molecule has 1 unspecified atom stereocenters. The van der Waals surface area contributed by atoms with E-state index in [-0.39, 0.29) is 56.3 Å². The zero-order chi connectivity index (χ0) is 13.5. The number of Topliss-reactive ketones (excluding diaryl/α,β-unsaturated/α-hetero) is 1. The number of rotatable bonds is 4. The summed E-state index contributed by atoms with van der Waals surface area (Å²) in [6, 6.07) is -0.599. The minimum absolute atomic E-state index is 0. The Kier molecular flexibility index (Phi) is 12.9. The second kappa shape index (κ2) is 11.6. The first-order chi connectivity index (χ1) is 8.58. The third-order valence-corrected chi connectivity index (χ3v) is 3.44. The number of alkyl carbamates (subject to hydrolysis) is 1. The van der Waals surface area contributed by atoms with Gasteiger partial charge in [0.1, 0.15) is 5.78 Å². The Morgan fingerprint density at radius 3 is 2.50 bits per heavy atom. The molecule has 0 heterocycles. The number of carbonyl (C=O) groups is 2. The van der Waals surface area contributed by atoms with Crippen LogP contribution < -0.4 is 5.32 Å². The van der Waals surface area contributed by atoms with Gasteiger partial charge < -0.3 is 33.8 Å². The fourth-order valence-electron chi connectivity index (χ4n) is 2.33. The summed E-state index contributed by atoms with van der Waals surface area (Å²) in [5.41, 5.74) is 0. The van der Waals surface area contributed by atoms with Crippen molar-refractivity contribution in [3.63, 3.8) is 0 Å². The minimum atomic E-state index is -0.599. The smallest absolute Gasteiger partial charge is 0.453 e. The molecule has 1 saturated carbocycles. The zero-order valence-corrected chi connectivity index (χ0v) is 16.7. The molecule has 1 amide bonds. The first-order valence-electron chi connectivity index (χ1n) is 6.44. The average Bonchev–Trinajstić information content (AvgIpc) is 2.59. The van der Waals surface area contributed by atoms with Crippen molar-refractivity contribution in [2.45, 2.75) is 51.2 Å². The fourth-order valence-corrected chi connectivity index (χ4v) is 2.33. The SMILES string of the molecule is C[CH-][C@H](NC(=O)OC)C(=O)C1CCC[C@@H](O)CC1.[CH3-].[U+2]. The van der Waals surface area contributed by atoms with Crippen molar-refractivity contribution in [2.24, 2.45) is 5.92 Å². The van der Waals surface area contributed by atoms with Crippen molar-refractivity contribution < 1.29 is 50.5 Å². The molecule has 1 rings (SSSR count). The fraction of sp³-hybridized carbons (Fsp3) is 0.714. The van der Waals surface area contributed by atoms with Crippen molar-refractivity contribution in [3.8, 4) is 0 Å². The number of hydrogen-bond acceptors (Lipinski definition) is 4. The van der Waals surface area contributed by atoms with Crippen LogP contribution in [-0.2, 0) is 9.53 Å². The molecule has 1 aliphatic rings. The molecular formula is C14H25NO4U. The Morgan fingerprint density at radius 2 is 1.95 bits per heavy atom. The van der Waals surface area contributed by atoms with E-state index >= 15 is 0 Å². The molecule has 0 aromatic heterocycles. The van der Waals surface area contributed by atoms with Gasteiger partial charge in [-0.25, -0.2) is 4.79 Å². The third-order valence-electron chi connectivity index (χ3n) is 3.44. The van der Waals surface area contributed by atoms with Crippen molar-refractivity contribution in [1.29, 1.82) is 0 Å². The molecular weight excluding hydrogens is 484 g/mol. The maximum absolute atomic E-state index is 12.3. The van der Waals surface area contributed by atoms with E-state index in [1.165, 1.54) is 7.11 Å². The normalized spacial score (nSPS) is 23.4.